The summed E-state index contributed by atoms with van der Waals surface area (Å²) in [5, 5.41) is 4.30. The van der Waals surface area contributed by atoms with Crippen LogP contribution in [0.5, 0.6) is 0 Å². The van der Waals surface area contributed by atoms with Crippen molar-refractivity contribution in [3.63, 3.8) is 0 Å². The molecule has 1 heterocycles. The number of anilines is 2. The van der Waals surface area contributed by atoms with Crippen LogP contribution in [-0.2, 0) is 14.8 Å². The average Bonchev–Trinajstić information content (AvgIpc) is 2.61. The van der Waals surface area contributed by atoms with E-state index in [9.17, 15) is 22.4 Å². The smallest absolute Gasteiger partial charge is 0.307 e. The lowest BCUT2D eigenvalue weighted by Crippen LogP contribution is -2.35. The van der Waals surface area contributed by atoms with Gasteiger partial charge in [-0.25, -0.2) is 18.9 Å². The number of hydrogen-bond donors (Lipinski definition) is 3. The summed E-state index contributed by atoms with van der Waals surface area (Å²) in [6.07, 6.45) is 1.14. The standard InChI is InChI=1S/C19H24FN5O4S/c1-10(2)14-8-13(20)9-15(11(3)4)17(14)24-19(27)25-30(28,29)16-6-7-21-18(23-16)22-12(5)26/h6-11H,1-5H3,(H2,24,25,27)(H,21,22,23,26). The van der Waals surface area contributed by atoms with Crippen LogP contribution < -0.4 is 15.4 Å². The molecule has 0 saturated carbocycles. The van der Waals surface area contributed by atoms with Gasteiger partial charge in [0.25, 0.3) is 10.0 Å². The highest BCUT2D eigenvalue weighted by molar-refractivity contribution is 7.90. The van der Waals surface area contributed by atoms with E-state index in [2.05, 4.69) is 20.6 Å². The number of urea groups is 1. The van der Waals surface area contributed by atoms with E-state index < -0.39 is 32.8 Å². The van der Waals surface area contributed by atoms with Crippen LogP contribution in [0.25, 0.3) is 0 Å². The number of carbonyl (C=O) groups excluding carboxylic acids is 2. The van der Waals surface area contributed by atoms with E-state index in [1.54, 1.807) is 0 Å². The van der Waals surface area contributed by atoms with Gasteiger partial charge in [-0.1, -0.05) is 27.7 Å². The van der Waals surface area contributed by atoms with Gasteiger partial charge in [-0.05, 0) is 41.2 Å². The molecule has 2 rings (SSSR count). The lowest BCUT2D eigenvalue weighted by Gasteiger charge is -2.20. The van der Waals surface area contributed by atoms with Crippen LogP contribution in [0.15, 0.2) is 29.4 Å². The van der Waals surface area contributed by atoms with E-state index in [0.29, 0.717) is 16.8 Å². The number of aromatic nitrogens is 2. The molecule has 162 valence electrons. The van der Waals surface area contributed by atoms with E-state index in [1.807, 2.05) is 32.4 Å². The summed E-state index contributed by atoms with van der Waals surface area (Å²) in [4.78, 5) is 31.1. The largest absolute Gasteiger partial charge is 0.333 e. The molecular formula is C19H24FN5O4S. The van der Waals surface area contributed by atoms with Gasteiger partial charge in [0.1, 0.15) is 5.82 Å². The highest BCUT2D eigenvalue weighted by atomic mass is 32.2. The first-order valence-electron chi connectivity index (χ1n) is 9.18. The number of carbonyl (C=O) groups is 2. The van der Waals surface area contributed by atoms with Crippen molar-refractivity contribution in [1.29, 1.82) is 0 Å². The fraction of sp³-hybridized carbons (Fsp3) is 0.368. The molecule has 3 amide bonds. The first-order valence-corrected chi connectivity index (χ1v) is 10.7. The maximum atomic E-state index is 14.0. The van der Waals surface area contributed by atoms with Crippen molar-refractivity contribution in [2.45, 2.75) is 51.5 Å². The Bertz CT molecular complexity index is 1040. The third-order valence-electron chi connectivity index (χ3n) is 4.07. The second-order valence-corrected chi connectivity index (χ2v) is 8.86. The molecule has 0 spiro atoms. The van der Waals surface area contributed by atoms with Crippen LogP contribution in [0.4, 0.5) is 20.8 Å². The van der Waals surface area contributed by atoms with Gasteiger partial charge in [0.2, 0.25) is 11.9 Å². The topological polar surface area (TPSA) is 130 Å². The van der Waals surface area contributed by atoms with Crippen molar-refractivity contribution in [3.05, 3.63) is 41.3 Å². The predicted molar refractivity (Wildman–Crippen MR) is 110 cm³/mol. The monoisotopic (exact) mass is 437 g/mol. The van der Waals surface area contributed by atoms with Crippen molar-refractivity contribution in [3.8, 4) is 0 Å². The lowest BCUT2D eigenvalue weighted by atomic mass is 9.92. The number of amides is 3. The van der Waals surface area contributed by atoms with Gasteiger partial charge in [0.05, 0.1) is 0 Å². The van der Waals surface area contributed by atoms with E-state index in [0.717, 1.165) is 12.3 Å². The van der Waals surface area contributed by atoms with Gasteiger partial charge >= 0.3 is 6.03 Å². The molecular weight excluding hydrogens is 413 g/mol. The van der Waals surface area contributed by atoms with Crippen molar-refractivity contribution in [2.24, 2.45) is 0 Å². The van der Waals surface area contributed by atoms with Crippen LogP contribution in [0.3, 0.4) is 0 Å². The maximum Gasteiger partial charge on any atom is 0.333 e. The van der Waals surface area contributed by atoms with E-state index in [1.165, 1.54) is 19.1 Å². The molecule has 0 aliphatic carbocycles. The molecule has 0 atom stereocenters. The molecule has 0 aliphatic heterocycles. The minimum absolute atomic E-state index is 0.118. The number of nitrogens with one attached hydrogen (secondary N) is 3. The number of nitrogens with zero attached hydrogens (tertiary/aromatic N) is 2. The summed E-state index contributed by atoms with van der Waals surface area (Å²) in [6.45, 7) is 8.57. The molecule has 9 nitrogen and oxygen atoms in total. The summed E-state index contributed by atoms with van der Waals surface area (Å²) in [5.74, 6) is -1.37. The maximum absolute atomic E-state index is 14.0. The zero-order valence-electron chi connectivity index (χ0n) is 17.3. The minimum atomic E-state index is -4.35. The van der Waals surface area contributed by atoms with E-state index in [4.69, 9.17) is 0 Å². The Kier molecular flexibility index (Phi) is 7.08. The van der Waals surface area contributed by atoms with Crippen molar-refractivity contribution >= 4 is 33.6 Å². The third-order valence-corrected chi connectivity index (χ3v) is 5.30. The first-order chi connectivity index (χ1) is 13.9. The molecule has 0 aliphatic rings. The SMILES string of the molecule is CC(=O)Nc1nccc(S(=O)(=O)NC(=O)Nc2c(C(C)C)cc(F)cc2C(C)C)n1. The molecule has 2 aromatic rings. The Morgan fingerprint density at radius 2 is 1.60 bits per heavy atom. The highest BCUT2D eigenvalue weighted by Crippen LogP contribution is 2.33. The van der Waals surface area contributed by atoms with Gasteiger partial charge in [-0.2, -0.15) is 13.4 Å². The number of rotatable bonds is 6. The van der Waals surface area contributed by atoms with Crippen LogP contribution in [0, 0.1) is 5.82 Å². The summed E-state index contributed by atoms with van der Waals surface area (Å²) in [5.41, 5.74) is 1.44. The molecule has 1 aromatic heterocycles. The Balaban J connectivity index is 2.32. The number of hydrogen-bond acceptors (Lipinski definition) is 6. The molecule has 11 heteroatoms. The third kappa shape index (κ3) is 5.72. The summed E-state index contributed by atoms with van der Waals surface area (Å²) >= 11 is 0. The van der Waals surface area contributed by atoms with Gasteiger partial charge in [-0.3, -0.25) is 10.1 Å². The van der Waals surface area contributed by atoms with Crippen LogP contribution >= 0.6 is 0 Å². The Morgan fingerprint density at radius 1 is 1.03 bits per heavy atom. The number of benzene rings is 1. The first kappa shape index (κ1) is 23.2. The van der Waals surface area contributed by atoms with E-state index >= 15 is 0 Å². The molecule has 1 aromatic carbocycles. The quantitative estimate of drug-likeness (QED) is 0.594. The Morgan fingerprint density at radius 3 is 2.10 bits per heavy atom. The van der Waals surface area contributed by atoms with Crippen molar-refractivity contribution in [1.82, 2.24) is 14.7 Å². The summed E-state index contributed by atoms with van der Waals surface area (Å²) in [7, 11) is -4.35. The molecule has 0 radical (unpaired) electrons. The Labute approximate surface area is 174 Å². The summed E-state index contributed by atoms with van der Waals surface area (Å²) in [6, 6.07) is 2.68. The molecule has 3 N–H and O–H groups in total. The zero-order valence-corrected chi connectivity index (χ0v) is 18.1. The molecule has 0 saturated heterocycles. The van der Waals surface area contributed by atoms with Crippen LogP contribution in [0.1, 0.15) is 57.6 Å². The number of sulfonamides is 1. The average molecular weight is 437 g/mol. The predicted octanol–water partition coefficient (Wildman–Crippen LogP) is 3.33. The van der Waals surface area contributed by atoms with Crippen molar-refractivity contribution in [2.75, 3.05) is 10.6 Å². The second kappa shape index (κ2) is 9.16. The molecule has 0 fully saturated rings. The van der Waals surface area contributed by atoms with Crippen LogP contribution in [-0.4, -0.2) is 30.3 Å². The van der Waals surface area contributed by atoms with Crippen LogP contribution in [0.2, 0.25) is 0 Å². The lowest BCUT2D eigenvalue weighted by molar-refractivity contribution is -0.114. The second-order valence-electron chi connectivity index (χ2n) is 7.23. The van der Waals surface area contributed by atoms with Gasteiger partial charge in [-0.15, -0.1) is 0 Å². The fourth-order valence-electron chi connectivity index (χ4n) is 2.73. The highest BCUT2D eigenvalue weighted by Gasteiger charge is 2.23. The molecule has 30 heavy (non-hydrogen) atoms. The molecule has 0 bridgehead atoms. The minimum Gasteiger partial charge on any atom is -0.307 e. The fourth-order valence-corrected chi connectivity index (χ4v) is 3.57. The summed E-state index contributed by atoms with van der Waals surface area (Å²) < 4.78 is 40.9. The van der Waals surface area contributed by atoms with Gasteiger partial charge in [0.15, 0.2) is 5.03 Å². The Hall–Kier alpha value is -3.08. The van der Waals surface area contributed by atoms with Gasteiger partial charge < -0.3 is 5.32 Å². The normalized spacial score (nSPS) is 11.5. The zero-order chi connectivity index (χ0) is 22.6. The van der Waals surface area contributed by atoms with E-state index in [-0.39, 0.29) is 17.8 Å². The number of halogens is 1. The van der Waals surface area contributed by atoms with Crippen molar-refractivity contribution < 1.29 is 22.4 Å². The van der Waals surface area contributed by atoms with Gasteiger partial charge in [0, 0.05) is 18.8 Å². The molecule has 0 unspecified atom stereocenters.